The molecular weight excluding hydrogens is 1420 g/mol. The summed E-state index contributed by atoms with van der Waals surface area (Å²) in [6.07, 6.45) is -1.75. The maximum Gasteiger partial charge on any atom is 0.431 e. The zero-order valence-corrected chi connectivity index (χ0v) is 64.2. The molecular formula is C70H121N7O30. The lowest BCUT2D eigenvalue weighted by Gasteiger charge is -2.34. The van der Waals surface area contributed by atoms with E-state index in [0.717, 1.165) is 4.90 Å². The van der Waals surface area contributed by atoms with Gasteiger partial charge in [-0.25, -0.2) is 14.4 Å². The Bertz CT molecular complexity index is 2480. The Kier molecular flexibility index (Phi) is 54.5. The first-order valence-corrected chi connectivity index (χ1v) is 36.0. The Morgan fingerprint density at radius 3 is 0.944 bits per heavy atom. The number of hydrogen-bond donors (Lipinski definition) is 6. The Morgan fingerprint density at radius 1 is 0.327 bits per heavy atom. The Morgan fingerprint density at radius 2 is 0.607 bits per heavy atom. The summed E-state index contributed by atoms with van der Waals surface area (Å²) in [6.45, 7) is 21.3. The molecule has 0 radical (unpaired) electrons. The van der Waals surface area contributed by atoms with Gasteiger partial charge in [0.25, 0.3) is 11.8 Å². The van der Waals surface area contributed by atoms with Crippen molar-refractivity contribution in [1.82, 2.24) is 37.1 Å². The molecule has 1 aliphatic heterocycles. The van der Waals surface area contributed by atoms with E-state index in [2.05, 4.69) is 32.2 Å². The lowest BCUT2D eigenvalue weighted by molar-refractivity contribution is -0.160. The summed E-state index contributed by atoms with van der Waals surface area (Å²) >= 11 is 0. The number of carbonyl (C=O) groups excluding carboxylic acids is 9. The summed E-state index contributed by atoms with van der Waals surface area (Å²) < 4.78 is 105. The van der Waals surface area contributed by atoms with Gasteiger partial charge in [-0.3, -0.25) is 43.3 Å². The molecule has 1 heterocycles. The molecule has 37 heteroatoms. The molecule has 0 bridgehead atoms. The van der Waals surface area contributed by atoms with Gasteiger partial charge in [-0.2, -0.15) is 11.0 Å². The van der Waals surface area contributed by atoms with Gasteiger partial charge in [0.1, 0.15) is 28.9 Å². The summed E-state index contributed by atoms with van der Waals surface area (Å²) in [7, 11) is 0. The zero-order valence-electron chi connectivity index (χ0n) is 64.2. The number of esters is 1. The summed E-state index contributed by atoms with van der Waals surface area (Å²) in [6, 6.07) is 6.66. The van der Waals surface area contributed by atoms with E-state index in [9.17, 15) is 43.2 Å². The molecule has 616 valence electrons. The van der Waals surface area contributed by atoms with Crippen LogP contribution in [0.25, 0.3) is 0 Å². The van der Waals surface area contributed by atoms with Gasteiger partial charge in [0, 0.05) is 45.3 Å². The fourth-order valence-corrected chi connectivity index (χ4v) is 8.54. The van der Waals surface area contributed by atoms with Gasteiger partial charge in [0.15, 0.2) is 0 Å². The Hall–Kier alpha value is -6.47. The maximum absolute atomic E-state index is 13.8. The molecule has 0 aliphatic carbocycles. The predicted molar refractivity (Wildman–Crippen MR) is 380 cm³/mol. The van der Waals surface area contributed by atoms with E-state index in [1.54, 1.807) is 86.6 Å². The van der Waals surface area contributed by atoms with Crippen LogP contribution in [0.2, 0.25) is 0 Å². The molecule has 2 rings (SSSR count). The predicted octanol–water partition coefficient (Wildman–Crippen LogP) is 1.57. The third-order valence-corrected chi connectivity index (χ3v) is 13.2. The van der Waals surface area contributed by atoms with Gasteiger partial charge >= 0.3 is 18.2 Å². The number of carbonyl (C=O) groups is 9. The van der Waals surface area contributed by atoms with Crippen LogP contribution in [0.15, 0.2) is 24.3 Å². The number of ether oxygens (including phenoxy) is 19. The van der Waals surface area contributed by atoms with Crippen molar-refractivity contribution in [2.75, 3.05) is 251 Å². The van der Waals surface area contributed by atoms with Crippen molar-refractivity contribution in [1.29, 1.82) is 0 Å². The summed E-state index contributed by atoms with van der Waals surface area (Å²) in [4.78, 5) is 124. The van der Waals surface area contributed by atoms with E-state index in [0.29, 0.717) is 37.6 Å². The fraction of sp³-hybridized carbons (Fsp3) is 0.786. The molecule has 0 fully saturated rings. The molecule has 37 nitrogen and oxygen atoms in total. The number of hydroxylamine groups is 2. The van der Waals surface area contributed by atoms with Gasteiger partial charge in [-0.15, -0.1) is 0 Å². The van der Waals surface area contributed by atoms with Crippen LogP contribution in [0.4, 0.5) is 9.59 Å². The first-order chi connectivity index (χ1) is 51.3. The summed E-state index contributed by atoms with van der Waals surface area (Å²) in [5.41, 5.74) is 1.77. The van der Waals surface area contributed by atoms with Gasteiger partial charge in [-0.05, 0) is 74.4 Å². The molecule has 1 atom stereocenters. The van der Waals surface area contributed by atoms with E-state index in [4.69, 9.17) is 99.7 Å². The SMILES string of the molecule is CC(C)(C)OC(=O)COCCOCCOCCOCCNC(=O)CCOCC(COCCC(=O)NCCOCCOCCOCCONC(=O)OC(C)(C)C)(COCCC(=O)NCCOCCOCCONC(=O)OC(C)(C)C)NC(=O)CCOCCOCCOCCOCCN1C(=O)c2ccccc2C1=O. The molecule has 1 aromatic carbocycles. The second kappa shape index (κ2) is 60.4. The van der Waals surface area contributed by atoms with Gasteiger partial charge in [0.05, 0.1) is 236 Å². The minimum atomic E-state index is -1.42. The van der Waals surface area contributed by atoms with Crippen LogP contribution < -0.4 is 32.2 Å². The highest BCUT2D eigenvalue weighted by Crippen LogP contribution is 2.22. The third kappa shape index (κ3) is 56.4. The molecule has 0 aromatic heterocycles. The smallest absolute Gasteiger partial charge is 0.431 e. The average molecular weight is 1540 g/mol. The molecule has 1 aromatic rings. The molecule has 1 unspecified atom stereocenters. The summed E-state index contributed by atoms with van der Waals surface area (Å²) in [5.74, 6) is -2.64. The van der Waals surface area contributed by atoms with Crippen molar-refractivity contribution in [2.45, 2.75) is 110 Å². The van der Waals surface area contributed by atoms with Crippen LogP contribution in [0.3, 0.4) is 0 Å². The third-order valence-electron chi connectivity index (χ3n) is 13.2. The van der Waals surface area contributed by atoms with Crippen LogP contribution in [0, 0.1) is 0 Å². The lowest BCUT2D eigenvalue weighted by atomic mass is 10.0. The number of amides is 8. The fourth-order valence-electron chi connectivity index (χ4n) is 8.54. The second-order valence-electron chi connectivity index (χ2n) is 26.2. The quantitative estimate of drug-likeness (QED) is 0.0177. The van der Waals surface area contributed by atoms with Crippen molar-refractivity contribution in [2.24, 2.45) is 0 Å². The van der Waals surface area contributed by atoms with Crippen LogP contribution in [0.1, 0.15) is 109 Å². The highest BCUT2D eigenvalue weighted by atomic mass is 16.7. The minimum Gasteiger partial charge on any atom is -0.458 e. The van der Waals surface area contributed by atoms with Gasteiger partial charge in [0.2, 0.25) is 23.6 Å². The first kappa shape index (κ1) is 96.6. The van der Waals surface area contributed by atoms with E-state index in [1.807, 2.05) is 0 Å². The first-order valence-electron chi connectivity index (χ1n) is 36.0. The standard InChI is InChI=1S/C70H121N7O30/c1-67(2,3)105-62(82)52-99-47-46-96-43-42-93-36-31-88-26-18-71-58(78)14-23-100-53-70(55-102-25-16-60(80)73-20-28-90-33-38-97-48-50-103-75-65(85)106-68(4,5)6,54-101-24-15-59(79)72-19-27-89-32-37-94-44-45-98-49-51-104-76-66(86)107-69(7,8)9)74-61(81)17-22-87-30-35-92-40-41-95-39-34-91-29-21-77-63(83)56-12-10-11-13-57(56)64(77)84/h10-13H,14-55H2,1-9H3,(H,71,78)(H,72,79)(H,73,80)(H,74,81)(H,75,85)(H,76,86). The van der Waals surface area contributed by atoms with E-state index in [1.165, 1.54) is 0 Å². The van der Waals surface area contributed by atoms with E-state index in [-0.39, 0.29) is 280 Å². The highest BCUT2D eigenvalue weighted by Gasteiger charge is 2.36. The average Bonchev–Trinajstić information content (AvgIpc) is 1.65. The monoisotopic (exact) mass is 1540 g/mol. The lowest BCUT2D eigenvalue weighted by Crippen LogP contribution is -2.59. The second-order valence-corrected chi connectivity index (χ2v) is 26.2. The molecule has 1 aliphatic rings. The number of imide groups is 1. The van der Waals surface area contributed by atoms with Crippen molar-refractivity contribution >= 4 is 53.6 Å². The summed E-state index contributed by atoms with van der Waals surface area (Å²) in [5, 5.41) is 11.3. The van der Waals surface area contributed by atoms with Gasteiger partial charge in [-0.1, -0.05) is 12.1 Å². The molecule has 0 saturated heterocycles. The maximum atomic E-state index is 13.8. The largest absolute Gasteiger partial charge is 0.458 e. The van der Waals surface area contributed by atoms with E-state index < -0.39 is 46.4 Å². The number of fused-ring (bicyclic) bond motifs is 1. The highest BCUT2D eigenvalue weighted by molar-refractivity contribution is 6.21. The van der Waals surface area contributed by atoms with Crippen LogP contribution in [0.5, 0.6) is 0 Å². The molecule has 0 saturated carbocycles. The van der Waals surface area contributed by atoms with Crippen molar-refractivity contribution in [3.63, 3.8) is 0 Å². The van der Waals surface area contributed by atoms with Crippen molar-refractivity contribution in [3.05, 3.63) is 35.4 Å². The number of benzene rings is 1. The van der Waals surface area contributed by atoms with Crippen LogP contribution >= 0.6 is 0 Å². The number of rotatable bonds is 68. The van der Waals surface area contributed by atoms with Crippen LogP contribution in [-0.4, -0.2) is 332 Å². The Labute approximate surface area is 628 Å². The molecule has 8 amide bonds. The Balaban J connectivity index is 1.92. The molecule has 107 heavy (non-hydrogen) atoms. The van der Waals surface area contributed by atoms with Crippen molar-refractivity contribution in [3.8, 4) is 0 Å². The zero-order chi connectivity index (χ0) is 78.5. The number of nitrogens with one attached hydrogen (secondary N) is 6. The normalized spacial score (nSPS) is 12.9. The van der Waals surface area contributed by atoms with Crippen molar-refractivity contribution < 1.29 is 143 Å². The topological polar surface area (TPSA) is 423 Å². The molecule has 0 spiro atoms. The number of hydrogen-bond acceptors (Lipinski definition) is 30. The molecule has 6 N–H and O–H groups in total. The van der Waals surface area contributed by atoms with Gasteiger partial charge < -0.3 is 111 Å². The van der Waals surface area contributed by atoms with Crippen LogP contribution in [-0.2, 0) is 124 Å². The van der Waals surface area contributed by atoms with E-state index >= 15 is 0 Å². The number of nitrogens with zero attached hydrogens (tertiary/aromatic N) is 1. The minimum absolute atomic E-state index is 0.00629.